The van der Waals surface area contributed by atoms with E-state index in [4.69, 9.17) is 0 Å². The van der Waals surface area contributed by atoms with Crippen LogP contribution in [0, 0.1) is 0 Å². The molecule has 66 valence electrons. The molecular weight excluding hydrogens is 228 g/mol. The first-order valence-corrected chi connectivity index (χ1v) is 4.80. The molecule has 0 aliphatic carbocycles. The molecule has 0 saturated heterocycles. The number of hydrogen-bond acceptors (Lipinski definition) is 1. The van der Waals surface area contributed by atoms with E-state index in [0.29, 0.717) is 0 Å². The minimum atomic E-state index is 0.890. The summed E-state index contributed by atoms with van der Waals surface area (Å²) in [6, 6.07) is 10.2. The van der Waals surface area contributed by atoms with Gasteiger partial charge in [-0.2, -0.15) is 0 Å². The second-order valence-electron chi connectivity index (χ2n) is 2.86. The molecule has 1 aromatic heterocycles. The Bertz CT molecular complexity index is 387. The summed E-state index contributed by atoms with van der Waals surface area (Å²) in [4.78, 5) is 4.17. The average molecular weight is 237 g/mol. The van der Waals surface area contributed by atoms with Crippen molar-refractivity contribution in [2.45, 2.75) is 0 Å². The van der Waals surface area contributed by atoms with Gasteiger partial charge < -0.3 is 4.57 Å². The summed E-state index contributed by atoms with van der Waals surface area (Å²) in [7, 11) is 1.99. The number of nitrogens with zero attached hydrogens (tertiary/aromatic N) is 2. The van der Waals surface area contributed by atoms with Crippen LogP contribution in [0.15, 0.2) is 41.3 Å². The van der Waals surface area contributed by atoms with Crippen molar-refractivity contribution >= 4 is 15.9 Å². The van der Waals surface area contributed by atoms with Crippen molar-refractivity contribution in [1.29, 1.82) is 0 Å². The van der Waals surface area contributed by atoms with E-state index in [1.807, 2.05) is 29.8 Å². The van der Waals surface area contributed by atoms with Gasteiger partial charge >= 0.3 is 0 Å². The molecule has 13 heavy (non-hydrogen) atoms. The van der Waals surface area contributed by atoms with Gasteiger partial charge in [-0.1, -0.05) is 30.3 Å². The van der Waals surface area contributed by atoms with Crippen LogP contribution in [0.1, 0.15) is 0 Å². The maximum Gasteiger partial charge on any atom is 0.132 e. The van der Waals surface area contributed by atoms with Gasteiger partial charge in [-0.3, -0.25) is 0 Å². The third kappa shape index (κ3) is 1.52. The smallest absolute Gasteiger partial charge is 0.132 e. The summed E-state index contributed by atoms with van der Waals surface area (Å²) < 4.78 is 2.89. The fraction of sp³-hybridized carbons (Fsp3) is 0.100. The van der Waals surface area contributed by atoms with Crippen molar-refractivity contribution in [2.75, 3.05) is 0 Å². The lowest BCUT2D eigenvalue weighted by Gasteiger charge is -2.01. The molecule has 0 fully saturated rings. The van der Waals surface area contributed by atoms with Gasteiger partial charge in [0.15, 0.2) is 0 Å². The fourth-order valence-corrected chi connectivity index (χ4v) is 1.92. The molecule has 2 nitrogen and oxygen atoms in total. The molecule has 0 spiro atoms. The van der Waals surface area contributed by atoms with E-state index in [0.717, 1.165) is 10.3 Å². The molecule has 0 radical (unpaired) electrons. The number of halogens is 1. The zero-order valence-electron chi connectivity index (χ0n) is 7.24. The standard InChI is InChI=1S/C10H9BrN2/c1-13-7-12-10(11)9(13)8-5-3-2-4-6-8/h2-7H,1H3. The molecule has 3 heteroatoms. The monoisotopic (exact) mass is 236 g/mol. The maximum atomic E-state index is 4.17. The highest BCUT2D eigenvalue weighted by Crippen LogP contribution is 2.25. The Labute approximate surface area is 85.4 Å². The molecule has 0 saturated carbocycles. The molecule has 0 N–H and O–H groups in total. The maximum absolute atomic E-state index is 4.17. The minimum absolute atomic E-state index is 0.890. The summed E-state index contributed by atoms with van der Waals surface area (Å²) in [5.74, 6) is 0. The molecular formula is C10H9BrN2. The van der Waals surface area contributed by atoms with E-state index in [2.05, 4.69) is 33.0 Å². The number of hydrogen-bond donors (Lipinski definition) is 0. The molecule has 0 atom stereocenters. The molecule has 0 unspecified atom stereocenters. The largest absolute Gasteiger partial charge is 0.333 e. The Morgan fingerprint density at radius 3 is 2.46 bits per heavy atom. The predicted molar refractivity (Wildman–Crippen MR) is 56.3 cm³/mol. The first kappa shape index (κ1) is 8.51. The van der Waals surface area contributed by atoms with Gasteiger partial charge in [0.2, 0.25) is 0 Å². The Morgan fingerprint density at radius 2 is 1.92 bits per heavy atom. The number of aryl methyl sites for hydroxylation is 1. The molecule has 0 bridgehead atoms. The summed E-state index contributed by atoms with van der Waals surface area (Å²) in [6.07, 6.45) is 1.80. The highest BCUT2D eigenvalue weighted by molar-refractivity contribution is 9.10. The highest BCUT2D eigenvalue weighted by atomic mass is 79.9. The Hall–Kier alpha value is -1.09. The zero-order valence-corrected chi connectivity index (χ0v) is 8.82. The van der Waals surface area contributed by atoms with Crippen LogP contribution in [0.4, 0.5) is 0 Å². The van der Waals surface area contributed by atoms with Gasteiger partial charge in [0.25, 0.3) is 0 Å². The van der Waals surface area contributed by atoms with Gasteiger partial charge in [0.1, 0.15) is 4.60 Å². The highest BCUT2D eigenvalue weighted by Gasteiger charge is 2.06. The number of benzene rings is 1. The normalized spacial score (nSPS) is 10.3. The third-order valence-corrected chi connectivity index (χ3v) is 2.52. The Kier molecular flexibility index (Phi) is 2.19. The van der Waals surface area contributed by atoms with Crippen LogP contribution in [-0.2, 0) is 7.05 Å². The van der Waals surface area contributed by atoms with E-state index in [-0.39, 0.29) is 0 Å². The van der Waals surface area contributed by atoms with Gasteiger partial charge in [0, 0.05) is 12.6 Å². The topological polar surface area (TPSA) is 17.8 Å². The van der Waals surface area contributed by atoms with Gasteiger partial charge in [0.05, 0.1) is 12.0 Å². The van der Waals surface area contributed by atoms with Crippen molar-refractivity contribution in [3.05, 3.63) is 41.3 Å². The molecule has 2 aromatic rings. The molecule has 1 aromatic carbocycles. The predicted octanol–water partition coefficient (Wildman–Crippen LogP) is 2.85. The zero-order chi connectivity index (χ0) is 9.26. The molecule has 0 aliphatic heterocycles. The van der Waals surface area contributed by atoms with Crippen molar-refractivity contribution in [3.8, 4) is 11.3 Å². The van der Waals surface area contributed by atoms with Crippen LogP contribution >= 0.6 is 15.9 Å². The van der Waals surface area contributed by atoms with Crippen molar-refractivity contribution in [1.82, 2.24) is 9.55 Å². The van der Waals surface area contributed by atoms with Crippen LogP contribution in [0.3, 0.4) is 0 Å². The van der Waals surface area contributed by atoms with E-state index in [9.17, 15) is 0 Å². The van der Waals surface area contributed by atoms with Crippen LogP contribution < -0.4 is 0 Å². The molecule has 0 amide bonds. The third-order valence-electron chi connectivity index (χ3n) is 1.94. The second-order valence-corrected chi connectivity index (χ2v) is 3.61. The average Bonchev–Trinajstić information content (AvgIpc) is 2.48. The van der Waals surface area contributed by atoms with E-state index in [1.54, 1.807) is 6.33 Å². The fourth-order valence-electron chi connectivity index (χ4n) is 1.32. The van der Waals surface area contributed by atoms with Crippen molar-refractivity contribution in [3.63, 3.8) is 0 Å². The SMILES string of the molecule is Cn1cnc(Br)c1-c1ccccc1. The van der Waals surface area contributed by atoms with Crippen LogP contribution in [0.2, 0.25) is 0 Å². The van der Waals surface area contributed by atoms with Crippen molar-refractivity contribution in [2.24, 2.45) is 7.05 Å². The lowest BCUT2D eigenvalue weighted by molar-refractivity contribution is 0.921. The van der Waals surface area contributed by atoms with Crippen LogP contribution in [0.5, 0.6) is 0 Å². The minimum Gasteiger partial charge on any atom is -0.333 e. The summed E-state index contributed by atoms with van der Waals surface area (Å²) >= 11 is 3.42. The van der Waals surface area contributed by atoms with Gasteiger partial charge in [-0.05, 0) is 15.9 Å². The summed E-state index contributed by atoms with van der Waals surface area (Å²) in [5, 5.41) is 0. The van der Waals surface area contributed by atoms with E-state index < -0.39 is 0 Å². The van der Waals surface area contributed by atoms with E-state index in [1.165, 1.54) is 5.56 Å². The van der Waals surface area contributed by atoms with Gasteiger partial charge in [-0.15, -0.1) is 0 Å². The van der Waals surface area contributed by atoms with Crippen LogP contribution in [0.25, 0.3) is 11.3 Å². The second kappa shape index (κ2) is 3.34. The lowest BCUT2D eigenvalue weighted by atomic mass is 10.2. The summed E-state index contributed by atoms with van der Waals surface area (Å²) in [5.41, 5.74) is 2.29. The molecule has 2 rings (SSSR count). The Morgan fingerprint density at radius 1 is 1.23 bits per heavy atom. The molecule has 1 heterocycles. The number of imidazole rings is 1. The molecule has 0 aliphatic rings. The van der Waals surface area contributed by atoms with Crippen molar-refractivity contribution < 1.29 is 0 Å². The lowest BCUT2D eigenvalue weighted by Crippen LogP contribution is -1.89. The van der Waals surface area contributed by atoms with Gasteiger partial charge in [-0.25, -0.2) is 4.98 Å². The van der Waals surface area contributed by atoms with E-state index >= 15 is 0 Å². The Balaban J connectivity index is 2.59. The first-order valence-electron chi connectivity index (χ1n) is 4.01. The quantitative estimate of drug-likeness (QED) is 0.745. The number of aromatic nitrogens is 2. The summed E-state index contributed by atoms with van der Waals surface area (Å²) in [6.45, 7) is 0. The first-order chi connectivity index (χ1) is 6.29. The van der Waals surface area contributed by atoms with Crippen LogP contribution in [-0.4, -0.2) is 9.55 Å². The number of rotatable bonds is 1.